The summed E-state index contributed by atoms with van der Waals surface area (Å²) in [7, 11) is 0. The average Bonchev–Trinajstić information content (AvgIpc) is 3.11. The Morgan fingerprint density at radius 2 is 1.50 bits per heavy atom. The van der Waals surface area contributed by atoms with Crippen molar-refractivity contribution in [2.45, 2.75) is 13.0 Å². The van der Waals surface area contributed by atoms with Crippen molar-refractivity contribution in [1.29, 1.82) is 0 Å². The largest absolute Gasteiger partial charge is 0.348 e. The molecule has 2 aromatic heterocycles. The van der Waals surface area contributed by atoms with E-state index in [0.717, 1.165) is 17.0 Å². The minimum atomic E-state index is -0.164. The van der Waals surface area contributed by atoms with E-state index in [1.54, 1.807) is 30.5 Å². The fraction of sp³-hybridized carbons (Fsp3) is 0.0952. The lowest BCUT2D eigenvalue weighted by Crippen LogP contribution is -2.23. The molecule has 0 aliphatic rings. The van der Waals surface area contributed by atoms with Crippen LogP contribution in [0.1, 0.15) is 27.3 Å². The zero-order valence-corrected chi connectivity index (χ0v) is 16.3. The minimum Gasteiger partial charge on any atom is -0.348 e. The maximum Gasteiger partial charge on any atom is 0.253 e. The molecule has 140 valence electrons. The molecule has 0 radical (unpaired) electrons. The lowest BCUT2D eigenvalue weighted by Gasteiger charge is -2.07. The number of carbonyl (C=O) groups is 1. The molecule has 28 heavy (non-hydrogen) atoms. The van der Waals surface area contributed by atoms with Crippen LogP contribution in [0.15, 0.2) is 66.9 Å². The number of nitrogens with zero attached hydrogens (tertiary/aromatic N) is 3. The van der Waals surface area contributed by atoms with Gasteiger partial charge in [-0.05, 0) is 47.5 Å². The number of benzene rings is 2. The first-order valence-corrected chi connectivity index (χ1v) is 9.45. The molecule has 2 heterocycles. The van der Waals surface area contributed by atoms with E-state index < -0.39 is 0 Å². The maximum atomic E-state index is 12.6. The Bertz CT molecular complexity index is 1120. The first-order valence-electron chi connectivity index (χ1n) is 8.69. The maximum absolute atomic E-state index is 12.6. The average molecular weight is 411 g/mol. The van der Waals surface area contributed by atoms with Crippen LogP contribution in [0.5, 0.6) is 0 Å². The molecule has 4 rings (SSSR count). The Morgan fingerprint density at radius 1 is 0.857 bits per heavy atom. The summed E-state index contributed by atoms with van der Waals surface area (Å²) in [5, 5.41) is 12.7. The summed E-state index contributed by atoms with van der Waals surface area (Å²) in [6, 6.07) is 18.5. The number of hydrogen-bond donors (Lipinski definition) is 1. The molecule has 0 aliphatic carbocycles. The predicted molar refractivity (Wildman–Crippen MR) is 110 cm³/mol. The van der Waals surface area contributed by atoms with Crippen LogP contribution in [0.4, 0.5) is 0 Å². The second kappa shape index (κ2) is 8.00. The van der Waals surface area contributed by atoms with Crippen LogP contribution in [0.2, 0.25) is 10.0 Å². The lowest BCUT2D eigenvalue weighted by molar-refractivity contribution is 0.0950. The van der Waals surface area contributed by atoms with E-state index in [2.05, 4.69) is 15.5 Å². The molecule has 4 aromatic rings. The van der Waals surface area contributed by atoms with Gasteiger partial charge < -0.3 is 5.32 Å². The molecule has 2 aromatic carbocycles. The standard InChI is InChI=1S/C21H16Cl2N4O/c22-17-6-1-14(2-7-17)11-20-26-25-19-10-5-16(13-27(19)20)21(28)24-12-15-3-8-18(23)9-4-15/h1-10,13H,11-12H2,(H,24,28). The number of pyridine rings is 1. The van der Waals surface area contributed by atoms with Gasteiger partial charge in [0.1, 0.15) is 5.82 Å². The van der Waals surface area contributed by atoms with Crippen LogP contribution in [-0.4, -0.2) is 20.5 Å². The fourth-order valence-electron chi connectivity index (χ4n) is 2.86. The van der Waals surface area contributed by atoms with Crippen LogP contribution in [0.25, 0.3) is 5.65 Å². The van der Waals surface area contributed by atoms with Gasteiger partial charge in [-0.1, -0.05) is 47.5 Å². The summed E-state index contributed by atoms with van der Waals surface area (Å²) >= 11 is 11.8. The minimum absolute atomic E-state index is 0.164. The van der Waals surface area contributed by atoms with Gasteiger partial charge in [0.25, 0.3) is 5.91 Å². The third-order valence-corrected chi connectivity index (χ3v) is 4.88. The summed E-state index contributed by atoms with van der Waals surface area (Å²) in [6.45, 7) is 0.424. The Morgan fingerprint density at radius 3 is 2.18 bits per heavy atom. The van der Waals surface area contributed by atoms with Gasteiger partial charge in [-0.2, -0.15) is 0 Å². The van der Waals surface area contributed by atoms with Crippen LogP contribution in [0, 0.1) is 0 Å². The number of aromatic nitrogens is 3. The molecule has 0 aliphatic heterocycles. The molecule has 0 saturated carbocycles. The number of halogens is 2. The third kappa shape index (κ3) is 4.16. The second-order valence-electron chi connectivity index (χ2n) is 6.37. The number of amides is 1. The molecule has 7 heteroatoms. The topological polar surface area (TPSA) is 59.3 Å². The van der Waals surface area contributed by atoms with Crippen LogP contribution in [0.3, 0.4) is 0 Å². The molecule has 0 unspecified atom stereocenters. The van der Waals surface area contributed by atoms with Crippen molar-refractivity contribution >= 4 is 34.8 Å². The predicted octanol–water partition coefficient (Wildman–Crippen LogP) is 4.56. The van der Waals surface area contributed by atoms with Crippen molar-refractivity contribution in [3.05, 3.63) is 99.4 Å². The van der Waals surface area contributed by atoms with E-state index in [9.17, 15) is 4.79 Å². The SMILES string of the molecule is O=C(NCc1ccc(Cl)cc1)c1ccc2nnc(Cc3ccc(Cl)cc3)n2c1. The lowest BCUT2D eigenvalue weighted by atomic mass is 10.1. The number of fused-ring (bicyclic) bond motifs is 1. The van der Waals surface area contributed by atoms with Gasteiger partial charge in [-0.15, -0.1) is 10.2 Å². The molecule has 1 N–H and O–H groups in total. The highest BCUT2D eigenvalue weighted by Crippen LogP contribution is 2.15. The van der Waals surface area contributed by atoms with Gasteiger partial charge in [-0.3, -0.25) is 9.20 Å². The van der Waals surface area contributed by atoms with Crippen LogP contribution in [-0.2, 0) is 13.0 Å². The van der Waals surface area contributed by atoms with Gasteiger partial charge in [0.15, 0.2) is 5.65 Å². The van der Waals surface area contributed by atoms with Crippen LogP contribution >= 0.6 is 23.2 Å². The van der Waals surface area contributed by atoms with E-state index in [1.807, 2.05) is 40.8 Å². The molecule has 0 saturated heterocycles. The molecule has 0 spiro atoms. The zero-order chi connectivity index (χ0) is 19.5. The quantitative estimate of drug-likeness (QED) is 0.524. The van der Waals surface area contributed by atoms with Gasteiger partial charge in [0.2, 0.25) is 0 Å². The Kier molecular flexibility index (Phi) is 5.28. The molecule has 0 bridgehead atoms. The van der Waals surface area contributed by atoms with Crippen LogP contribution < -0.4 is 5.32 Å². The number of hydrogen-bond acceptors (Lipinski definition) is 3. The van der Waals surface area contributed by atoms with Gasteiger partial charge in [-0.25, -0.2) is 0 Å². The van der Waals surface area contributed by atoms with Crippen molar-refractivity contribution in [2.24, 2.45) is 0 Å². The first kappa shape index (κ1) is 18.5. The van der Waals surface area contributed by atoms with Crippen molar-refractivity contribution in [3.8, 4) is 0 Å². The summed E-state index contributed by atoms with van der Waals surface area (Å²) in [5.41, 5.74) is 3.28. The van der Waals surface area contributed by atoms with Gasteiger partial charge in [0, 0.05) is 29.2 Å². The van der Waals surface area contributed by atoms with E-state index in [1.165, 1.54) is 0 Å². The Hall–Kier alpha value is -2.89. The van der Waals surface area contributed by atoms with E-state index in [0.29, 0.717) is 34.2 Å². The van der Waals surface area contributed by atoms with Crippen molar-refractivity contribution < 1.29 is 4.79 Å². The normalized spacial score (nSPS) is 10.9. The van der Waals surface area contributed by atoms with Gasteiger partial charge >= 0.3 is 0 Å². The summed E-state index contributed by atoms with van der Waals surface area (Å²) in [4.78, 5) is 12.6. The number of carbonyl (C=O) groups excluding carboxylic acids is 1. The molecule has 5 nitrogen and oxygen atoms in total. The highest BCUT2D eigenvalue weighted by atomic mass is 35.5. The summed E-state index contributed by atoms with van der Waals surface area (Å²) in [5.74, 6) is 0.590. The molecule has 0 fully saturated rings. The van der Waals surface area contributed by atoms with E-state index in [-0.39, 0.29) is 5.91 Å². The van der Waals surface area contributed by atoms with Crippen molar-refractivity contribution in [2.75, 3.05) is 0 Å². The second-order valence-corrected chi connectivity index (χ2v) is 7.25. The monoisotopic (exact) mass is 410 g/mol. The highest BCUT2D eigenvalue weighted by molar-refractivity contribution is 6.30. The summed E-state index contributed by atoms with van der Waals surface area (Å²) < 4.78 is 1.84. The molecule has 1 amide bonds. The Labute approximate surface area is 171 Å². The van der Waals surface area contributed by atoms with Crippen molar-refractivity contribution in [1.82, 2.24) is 19.9 Å². The number of nitrogens with one attached hydrogen (secondary N) is 1. The van der Waals surface area contributed by atoms with E-state index in [4.69, 9.17) is 23.2 Å². The summed E-state index contributed by atoms with van der Waals surface area (Å²) in [6.07, 6.45) is 2.35. The molecular weight excluding hydrogens is 395 g/mol. The Balaban J connectivity index is 1.52. The zero-order valence-electron chi connectivity index (χ0n) is 14.8. The van der Waals surface area contributed by atoms with E-state index >= 15 is 0 Å². The smallest absolute Gasteiger partial charge is 0.253 e. The fourth-order valence-corrected chi connectivity index (χ4v) is 3.12. The van der Waals surface area contributed by atoms with Gasteiger partial charge in [0.05, 0.1) is 5.56 Å². The first-order chi connectivity index (χ1) is 13.6. The molecule has 0 atom stereocenters. The van der Waals surface area contributed by atoms with Crippen molar-refractivity contribution in [3.63, 3.8) is 0 Å². The third-order valence-electron chi connectivity index (χ3n) is 4.38. The number of rotatable bonds is 5. The molecular formula is C21H16Cl2N4O. The highest BCUT2D eigenvalue weighted by Gasteiger charge is 2.11.